The molecule has 0 radical (unpaired) electrons. The third-order valence-corrected chi connectivity index (χ3v) is 6.87. The molecule has 0 spiro atoms. The van der Waals surface area contributed by atoms with Crippen molar-refractivity contribution in [2.24, 2.45) is 0 Å². The van der Waals surface area contributed by atoms with E-state index in [2.05, 4.69) is 10.3 Å². The Hall–Kier alpha value is -2.83. The van der Waals surface area contributed by atoms with Gasteiger partial charge in [-0.05, 0) is 26.3 Å². The lowest BCUT2D eigenvalue weighted by Crippen LogP contribution is -2.44. The molecule has 0 unspecified atom stereocenters. The largest absolute Gasteiger partial charge is 0.444 e. The number of hydrogen-bond acceptors (Lipinski definition) is 8. The van der Waals surface area contributed by atoms with E-state index in [1.165, 1.54) is 16.8 Å². The highest BCUT2D eigenvalue weighted by molar-refractivity contribution is 5.90. The number of anilines is 2. The van der Waals surface area contributed by atoms with E-state index < -0.39 is 23.8 Å². The van der Waals surface area contributed by atoms with Gasteiger partial charge in [0.1, 0.15) is 17.6 Å². The fraction of sp³-hybridized carbons (Fsp3) is 0.640. The van der Waals surface area contributed by atoms with Crippen LogP contribution in [0, 0.1) is 11.6 Å². The lowest BCUT2D eigenvalue weighted by atomic mass is 10.1. The molecule has 2 amide bonds. The van der Waals surface area contributed by atoms with Crippen LogP contribution in [0.4, 0.5) is 25.0 Å². The number of Topliss-reactive ketones (excluding diaryl/α,β-unsaturated/α-hetero) is 1. The molecule has 204 valence electrons. The van der Waals surface area contributed by atoms with E-state index in [1.54, 1.807) is 4.90 Å². The SMILES string of the molecule is CC(=O)CC[C@H]1CN(c2cc(F)c(N3CCNN(C(=O)CCCN4CCOCC4)CC3)c(F)c2)C(=O)O1. The van der Waals surface area contributed by atoms with Gasteiger partial charge in [0.25, 0.3) is 0 Å². The van der Waals surface area contributed by atoms with Gasteiger partial charge in [0.15, 0.2) is 11.6 Å². The van der Waals surface area contributed by atoms with Gasteiger partial charge in [-0.2, -0.15) is 0 Å². The van der Waals surface area contributed by atoms with Gasteiger partial charge in [-0.25, -0.2) is 19.0 Å². The van der Waals surface area contributed by atoms with Crippen molar-refractivity contribution in [3.8, 4) is 0 Å². The summed E-state index contributed by atoms with van der Waals surface area (Å²) in [6, 6.07) is 2.25. The molecule has 3 heterocycles. The standard InChI is InChI=1S/C25H35F2N5O5/c1-18(33)4-5-20-17-31(25(35)37-20)19-15-21(26)24(22(27)16-19)30-8-6-28-32(10-9-30)23(34)3-2-7-29-11-13-36-14-12-29/h15-16,20,28H,2-14,17H2,1H3/t20-/m0/s1. The zero-order chi connectivity index (χ0) is 26.4. The second kappa shape index (κ2) is 12.6. The Morgan fingerprint density at radius 2 is 1.78 bits per heavy atom. The van der Waals surface area contributed by atoms with E-state index in [9.17, 15) is 14.4 Å². The number of nitrogens with zero attached hydrogens (tertiary/aromatic N) is 4. The molecule has 0 bridgehead atoms. The third kappa shape index (κ3) is 7.14. The summed E-state index contributed by atoms with van der Waals surface area (Å²) in [6.45, 7) is 6.81. The molecule has 1 aromatic rings. The van der Waals surface area contributed by atoms with Crippen LogP contribution in [0.1, 0.15) is 32.6 Å². The van der Waals surface area contributed by atoms with Crippen LogP contribution in [-0.4, -0.2) is 99.4 Å². The predicted octanol–water partition coefficient (Wildman–Crippen LogP) is 1.92. The average Bonchev–Trinajstić information content (AvgIpc) is 3.07. The van der Waals surface area contributed by atoms with Crippen molar-refractivity contribution in [1.29, 1.82) is 0 Å². The number of ether oxygens (including phenoxy) is 2. The lowest BCUT2D eigenvalue weighted by molar-refractivity contribution is -0.134. The van der Waals surface area contributed by atoms with Gasteiger partial charge in [0, 0.05) is 57.7 Å². The van der Waals surface area contributed by atoms with Gasteiger partial charge < -0.3 is 19.2 Å². The fourth-order valence-corrected chi connectivity index (χ4v) is 4.84. The zero-order valence-corrected chi connectivity index (χ0v) is 21.2. The molecule has 1 N–H and O–H groups in total. The van der Waals surface area contributed by atoms with Gasteiger partial charge in [-0.15, -0.1) is 0 Å². The van der Waals surface area contributed by atoms with Crippen LogP contribution in [-0.2, 0) is 19.1 Å². The van der Waals surface area contributed by atoms with Crippen molar-refractivity contribution in [3.63, 3.8) is 0 Å². The summed E-state index contributed by atoms with van der Waals surface area (Å²) >= 11 is 0. The Morgan fingerprint density at radius 3 is 2.49 bits per heavy atom. The summed E-state index contributed by atoms with van der Waals surface area (Å²) in [5.41, 5.74) is 2.95. The molecule has 3 saturated heterocycles. The number of amides is 2. The van der Waals surface area contributed by atoms with Crippen molar-refractivity contribution in [3.05, 3.63) is 23.8 Å². The highest BCUT2D eigenvalue weighted by Gasteiger charge is 2.34. The molecule has 3 aliphatic heterocycles. The Kier molecular flexibility index (Phi) is 9.28. The molecule has 3 fully saturated rings. The molecular formula is C25H35F2N5O5. The summed E-state index contributed by atoms with van der Waals surface area (Å²) in [4.78, 5) is 41.2. The number of benzene rings is 1. The molecule has 1 atom stereocenters. The minimum absolute atomic E-state index is 0.0175. The number of carbonyl (C=O) groups is 3. The van der Waals surface area contributed by atoms with Crippen LogP contribution in [0.2, 0.25) is 0 Å². The van der Waals surface area contributed by atoms with Crippen LogP contribution in [0.3, 0.4) is 0 Å². The Labute approximate surface area is 215 Å². The van der Waals surface area contributed by atoms with Crippen LogP contribution in [0.5, 0.6) is 0 Å². The number of rotatable bonds is 9. The number of morpholine rings is 1. The fourth-order valence-electron chi connectivity index (χ4n) is 4.84. The van der Waals surface area contributed by atoms with Crippen LogP contribution >= 0.6 is 0 Å². The maximum absolute atomic E-state index is 15.1. The molecule has 0 aromatic heterocycles. The van der Waals surface area contributed by atoms with Gasteiger partial charge >= 0.3 is 6.09 Å². The zero-order valence-electron chi connectivity index (χ0n) is 21.2. The van der Waals surface area contributed by atoms with E-state index in [-0.39, 0.29) is 49.1 Å². The first-order chi connectivity index (χ1) is 17.8. The number of carbonyl (C=O) groups excluding carboxylic acids is 3. The summed E-state index contributed by atoms with van der Waals surface area (Å²) in [5.74, 6) is -1.64. The van der Waals surface area contributed by atoms with Crippen molar-refractivity contribution < 1.29 is 32.6 Å². The second-order valence-corrected chi connectivity index (χ2v) is 9.61. The van der Waals surface area contributed by atoms with Crippen molar-refractivity contribution in [2.75, 3.05) is 75.4 Å². The number of cyclic esters (lactones) is 1. The minimum atomic E-state index is -0.791. The Balaban J connectivity index is 1.32. The first-order valence-corrected chi connectivity index (χ1v) is 12.9. The molecule has 3 aliphatic rings. The van der Waals surface area contributed by atoms with E-state index >= 15 is 8.78 Å². The van der Waals surface area contributed by atoms with Gasteiger partial charge in [0.2, 0.25) is 5.91 Å². The first kappa shape index (κ1) is 27.2. The summed E-state index contributed by atoms with van der Waals surface area (Å²) < 4.78 is 40.9. The van der Waals surface area contributed by atoms with E-state index in [0.29, 0.717) is 25.9 Å². The predicted molar refractivity (Wildman–Crippen MR) is 132 cm³/mol. The molecule has 10 nitrogen and oxygen atoms in total. The molecule has 37 heavy (non-hydrogen) atoms. The highest BCUT2D eigenvalue weighted by Crippen LogP contribution is 2.31. The van der Waals surface area contributed by atoms with E-state index in [4.69, 9.17) is 9.47 Å². The van der Waals surface area contributed by atoms with Gasteiger partial charge in [0.05, 0.1) is 32.0 Å². The van der Waals surface area contributed by atoms with Crippen molar-refractivity contribution in [1.82, 2.24) is 15.3 Å². The van der Waals surface area contributed by atoms with Crippen molar-refractivity contribution in [2.45, 2.75) is 38.7 Å². The maximum Gasteiger partial charge on any atom is 0.414 e. The molecule has 4 rings (SSSR count). The van der Waals surface area contributed by atoms with E-state index in [1.807, 2.05) is 0 Å². The second-order valence-electron chi connectivity index (χ2n) is 9.61. The summed E-state index contributed by atoms with van der Waals surface area (Å²) in [5, 5.41) is 1.53. The normalized spacial score (nSPS) is 21.2. The van der Waals surface area contributed by atoms with Gasteiger partial charge in [-0.1, -0.05) is 0 Å². The average molecular weight is 524 g/mol. The first-order valence-electron chi connectivity index (χ1n) is 12.9. The third-order valence-electron chi connectivity index (χ3n) is 6.87. The quantitative estimate of drug-likeness (QED) is 0.525. The van der Waals surface area contributed by atoms with Crippen LogP contribution in [0.15, 0.2) is 12.1 Å². The lowest BCUT2D eigenvalue weighted by Gasteiger charge is -2.27. The molecular weight excluding hydrogens is 488 g/mol. The molecule has 1 aromatic carbocycles. The number of nitrogens with one attached hydrogen (secondary N) is 1. The monoisotopic (exact) mass is 523 g/mol. The van der Waals surface area contributed by atoms with Crippen LogP contribution in [0.25, 0.3) is 0 Å². The smallest absolute Gasteiger partial charge is 0.414 e. The van der Waals surface area contributed by atoms with Crippen LogP contribution < -0.4 is 15.2 Å². The summed E-state index contributed by atoms with van der Waals surface area (Å²) in [6.07, 6.45) is 0.563. The molecule has 0 saturated carbocycles. The summed E-state index contributed by atoms with van der Waals surface area (Å²) in [7, 11) is 0. The highest BCUT2D eigenvalue weighted by atomic mass is 19.1. The van der Waals surface area contributed by atoms with Gasteiger partial charge in [-0.3, -0.25) is 19.6 Å². The topological polar surface area (TPSA) is 94.7 Å². The maximum atomic E-state index is 15.1. The minimum Gasteiger partial charge on any atom is -0.444 e. The number of halogens is 2. The number of hydrogen-bond donors (Lipinski definition) is 1. The Bertz CT molecular complexity index is 967. The van der Waals surface area contributed by atoms with E-state index in [0.717, 1.165) is 51.4 Å². The van der Waals surface area contributed by atoms with Crippen molar-refractivity contribution >= 4 is 29.2 Å². The number of ketones is 1. The number of hydrazine groups is 1. The Morgan fingerprint density at radius 1 is 1.05 bits per heavy atom. The molecule has 12 heteroatoms. The molecule has 0 aliphatic carbocycles.